The smallest absolute Gasteiger partial charge is 0.329 e. The van der Waals surface area contributed by atoms with Gasteiger partial charge in [0, 0.05) is 23.5 Å². The molecule has 0 aliphatic carbocycles. The van der Waals surface area contributed by atoms with Gasteiger partial charge in [0.05, 0.1) is 24.3 Å². The summed E-state index contributed by atoms with van der Waals surface area (Å²) >= 11 is 6.06. The molecule has 0 saturated heterocycles. The number of nitrogens with zero attached hydrogens (tertiary/aromatic N) is 4. The Labute approximate surface area is 159 Å². The lowest BCUT2D eigenvalue weighted by Crippen LogP contribution is -2.28. The van der Waals surface area contributed by atoms with Crippen molar-refractivity contribution in [2.24, 2.45) is 0 Å². The van der Waals surface area contributed by atoms with Crippen molar-refractivity contribution >= 4 is 28.6 Å². The summed E-state index contributed by atoms with van der Waals surface area (Å²) in [6.07, 6.45) is 2.61. The molecular weight excluding hydrogens is 375 g/mol. The molecule has 0 radical (unpaired) electrons. The van der Waals surface area contributed by atoms with Crippen molar-refractivity contribution in [1.29, 1.82) is 0 Å². The normalized spacial score (nSPS) is 11.4. The number of hydrogen-bond donors (Lipinski definition) is 1. The van der Waals surface area contributed by atoms with Crippen LogP contribution in [-0.2, 0) is 24.4 Å². The Kier molecular flexibility index (Phi) is 5.65. The number of halogens is 2. The van der Waals surface area contributed by atoms with Gasteiger partial charge < -0.3 is 9.67 Å². The zero-order chi connectivity index (χ0) is 19.6. The second-order valence-corrected chi connectivity index (χ2v) is 6.81. The van der Waals surface area contributed by atoms with Crippen molar-refractivity contribution in [2.45, 2.75) is 39.4 Å². The summed E-state index contributed by atoms with van der Waals surface area (Å²) in [5.41, 5.74) is 1.80. The summed E-state index contributed by atoms with van der Waals surface area (Å²) in [6.45, 7) is 1.73. The summed E-state index contributed by atoms with van der Waals surface area (Å²) in [6, 6.07) is 5.37. The first-order valence-electron chi connectivity index (χ1n) is 8.59. The van der Waals surface area contributed by atoms with E-state index in [1.165, 1.54) is 10.8 Å². The highest BCUT2D eigenvalue weighted by molar-refractivity contribution is 6.31. The van der Waals surface area contributed by atoms with Crippen molar-refractivity contribution in [1.82, 2.24) is 18.7 Å². The SMILES string of the molecule is Cc1cn(CC(=O)O)c(=O)n1Cc1nc2cc(Cl)ccc2n1CCCCF. The molecular formula is C18H20ClFN4O3. The van der Waals surface area contributed by atoms with Crippen LogP contribution in [-0.4, -0.2) is 36.4 Å². The molecule has 0 amide bonds. The minimum absolute atomic E-state index is 0.194. The highest BCUT2D eigenvalue weighted by atomic mass is 35.5. The van der Waals surface area contributed by atoms with E-state index < -0.39 is 18.2 Å². The van der Waals surface area contributed by atoms with Crippen LogP contribution in [0.4, 0.5) is 4.39 Å². The number of unbranched alkanes of at least 4 members (excludes halogenated alkanes) is 1. The fourth-order valence-electron chi connectivity index (χ4n) is 3.14. The number of benzene rings is 1. The maximum absolute atomic E-state index is 12.5. The fraction of sp³-hybridized carbons (Fsp3) is 0.389. The lowest BCUT2D eigenvalue weighted by Gasteiger charge is -2.10. The van der Waals surface area contributed by atoms with E-state index in [4.69, 9.17) is 16.7 Å². The van der Waals surface area contributed by atoms with E-state index in [9.17, 15) is 14.0 Å². The molecule has 144 valence electrons. The molecule has 0 aliphatic heterocycles. The molecule has 0 unspecified atom stereocenters. The number of hydrogen-bond acceptors (Lipinski definition) is 3. The number of alkyl halides is 1. The molecule has 0 spiro atoms. The van der Waals surface area contributed by atoms with Crippen molar-refractivity contribution in [3.8, 4) is 0 Å². The van der Waals surface area contributed by atoms with Crippen LogP contribution in [0, 0.1) is 6.92 Å². The van der Waals surface area contributed by atoms with Crippen LogP contribution in [0.3, 0.4) is 0 Å². The number of aliphatic carboxylic acids is 1. The maximum Gasteiger partial charge on any atom is 0.329 e. The van der Waals surface area contributed by atoms with Gasteiger partial charge in [-0.25, -0.2) is 9.78 Å². The number of carboxylic acid groups (broad SMARTS) is 1. The molecule has 0 bridgehead atoms. The van der Waals surface area contributed by atoms with Gasteiger partial charge in [-0.1, -0.05) is 11.6 Å². The molecule has 0 aliphatic rings. The van der Waals surface area contributed by atoms with E-state index in [0.717, 1.165) is 10.1 Å². The Balaban J connectivity index is 2.01. The van der Waals surface area contributed by atoms with Crippen molar-refractivity contribution < 1.29 is 14.3 Å². The van der Waals surface area contributed by atoms with Gasteiger partial charge in [-0.2, -0.15) is 0 Å². The molecule has 0 atom stereocenters. The molecule has 1 N–H and O–H groups in total. The Morgan fingerprint density at radius 1 is 1.30 bits per heavy atom. The van der Waals surface area contributed by atoms with Gasteiger partial charge in [0.25, 0.3) is 0 Å². The molecule has 3 rings (SSSR count). The van der Waals surface area contributed by atoms with Crippen LogP contribution in [0.15, 0.2) is 29.2 Å². The lowest BCUT2D eigenvalue weighted by atomic mass is 10.3. The van der Waals surface area contributed by atoms with Gasteiger partial charge in [0.2, 0.25) is 0 Å². The van der Waals surface area contributed by atoms with Crippen LogP contribution in [0.5, 0.6) is 0 Å². The monoisotopic (exact) mass is 394 g/mol. The first kappa shape index (κ1) is 19.2. The highest BCUT2D eigenvalue weighted by Gasteiger charge is 2.16. The maximum atomic E-state index is 12.5. The number of aryl methyl sites for hydroxylation is 2. The molecule has 9 heteroatoms. The van der Waals surface area contributed by atoms with E-state index in [0.29, 0.717) is 41.4 Å². The van der Waals surface area contributed by atoms with E-state index in [-0.39, 0.29) is 13.2 Å². The summed E-state index contributed by atoms with van der Waals surface area (Å²) in [5, 5.41) is 9.50. The third-order valence-corrected chi connectivity index (χ3v) is 4.64. The molecule has 3 aromatic rings. The van der Waals surface area contributed by atoms with Gasteiger partial charge in [-0.3, -0.25) is 18.3 Å². The van der Waals surface area contributed by atoms with Gasteiger partial charge in [-0.05, 0) is 38.0 Å². The number of carboxylic acids is 1. The largest absolute Gasteiger partial charge is 0.480 e. The van der Waals surface area contributed by atoms with Crippen molar-refractivity contribution in [3.05, 3.63) is 51.4 Å². The van der Waals surface area contributed by atoms with Crippen LogP contribution >= 0.6 is 11.6 Å². The molecule has 0 saturated carbocycles. The van der Waals surface area contributed by atoms with Crippen LogP contribution in [0.25, 0.3) is 11.0 Å². The standard InChI is InChI=1S/C18H20ClFN4O3/c1-12-9-22(11-17(25)26)18(27)24(12)10-16-21-14-8-13(19)4-5-15(14)23(16)7-3-2-6-20/h4-5,8-9H,2-3,6-7,10-11H2,1H3,(H,25,26). The third kappa shape index (κ3) is 4.05. The summed E-state index contributed by atoms with van der Waals surface area (Å²) < 4.78 is 17.1. The van der Waals surface area contributed by atoms with Crippen molar-refractivity contribution in [3.63, 3.8) is 0 Å². The molecule has 7 nitrogen and oxygen atoms in total. The van der Waals surface area contributed by atoms with E-state index in [1.807, 2.05) is 10.6 Å². The topological polar surface area (TPSA) is 82.1 Å². The quantitative estimate of drug-likeness (QED) is 0.595. The zero-order valence-corrected chi connectivity index (χ0v) is 15.6. The van der Waals surface area contributed by atoms with E-state index >= 15 is 0 Å². The molecule has 2 aromatic heterocycles. The molecule has 0 fully saturated rings. The van der Waals surface area contributed by atoms with Gasteiger partial charge in [0.1, 0.15) is 12.4 Å². The van der Waals surface area contributed by atoms with E-state index in [2.05, 4.69) is 4.98 Å². The third-order valence-electron chi connectivity index (χ3n) is 4.40. The second-order valence-electron chi connectivity index (χ2n) is 6.37. The van der Waals surface area contributed by atoms with Crippen LogP contribution < -0.4 is 5.69 Å². The predicted molar refractivity (Wildman–Crippen MR) is 100 cm³/mol. The molecule has 27 heavy (non-hydrogen) atoms. The Bertz CT molecular complexity index is 1040. The van der Waals surface area contributed by atoms with Crippen LogP contribution in [0.2, 0.25) is 5.02 Å². The van der Waals surface area contributed by atoms with Crippen LogP contribution in [0.1, 0.15) is 24.4 Å². The first-order valence-corrected chi connectivity index (χ1v) is 8.97. The number of rotatable bonds is 8. The average molecular weight is 395 g/mol. The Morgan fingerprint density at radius 2 is 2.07 bits per heavy atom. The molecule has 2 heterocycles. The minimum atomic E-state index is -1.08. The zero-order valence-electron chi connectivity index (χ0n) is 14.9. The second kappa shape index (κ2) is 7.96. The summed E-state index contributed by atoms with van der Waals surface area (Å²) in [4.78, 5) is 28.0. The molecule has 1 aromatic carbocycles. The van der Waals surface area contributed by atoms with Gasteiger partial charge in [0.15, 0.2) is 0 Å². The summed E-state index contributed by atoms with van der Waals surface area (Å²) in [5.74, 6) is -0.438. The van der Waals surface area contributed by atoms with E-state index in [1.54, 1.807) is 19.1 Å². The average Bonchev–Trinajstić information content (AvgIpc) is 3.06. The number of aromatic nitrogens is 4. The fourth-order valence-corrected chi connectivity index (χ4v) is 3.30. The number of imidazole rings is 2. The highest BCUT2D eigenvalue weighted by Crippen LogP contribution is 2.22. The van der Waals surface area contributed by atoms with Gasteiger partial charge in [-0.15, -0.1) is 0 Å². The van der Waals surface area contributed by atoms with Gasteiger partial charge >= 0.3 is 11.7 Å². The van der Waals surface area contributed by atoms with Crippen molar-refractivity contribution in [2.75, 3.05) is 6.67 Å². The Morgan fingerprint density at radius 3 is 2.78 bits per heavy atom. The minimum Gasteiger partial charge on any atom is -0.480 e. The Hall–Kier alpha value is -2.61. The first-order chi connectivity index (χ1) is 12.9. The number of carbonyl (C=O) groups is 1. The number of fused-ring (bicyclic) bond motifs is 1. The lowest BCUT2D eigenvalue weighted by molar-refractivity contribution is -0.137. The summed E-state index contributed by atoms with van der Waals surface area (Å²) in [7, 11) is 0. The predicted octanol–water partition coefficient (Wildman–Crippen LogP) is 2.84.